The van der Waals surface area contributed by atoms with Crippen LogP contribution in [0.5, 0.6) is 0 Å². The molecule has 1 heterocycles. The minimum Gasteiger partial charge on any atom is -0.383 e. The number of ether oxygens (including phenoxy) is 2. The number of hydrogen-bond acceptors (Lipinski definition) is 3. The van der Waals surface area contributed by atoms with Gasteiger partial charge in [-0.15, -0.1) is 0 Å². The molecular formula is C13H17Cl2NO2. The monoisotopic (exact) mass is 289 g/mol. The Hall–Kier alpha value is -0.320. The molecule has 2 rings (SSSR count). The highest BCUT2D eigenvalue weighted by molar-refractivity contribution is 6.42. The molecule has 0 N–H and O–H groups in total. The first-order valence-corrected chi connectivity index (χ1v) is 6.74. The van der Waals surface area contributed by atoms with E-state index in [1.54, 1.807) is 7.11 Å². The predicted octanol–water partition coefficient (Wildman–Crippen LogP) is 3.01. The molecule has 100 valence electrons. The topological polar surface area (TPSA) is 21.7 Å². The van der Waals surface area contributed by atoms with E-state index in [4.69, 9.17) is 32.7 Å². The van der Waals surface area contributed by atoms with E-state index < -0.39 is 0 Å². The molecular weight excluding hydrogens is 273 g/mol. The molecule has 0 radical (unpaired) electrons. The summed E-state index contributed by atoms with van der Waals surface area (Å²) in [6.45, 7) is 4.21. The molecule has 1 saturated heterocycles. The van der Waals surface area contributed by atoms with E-state index in [9.17, 15) is 0 Å². The molecule has 0 bridgehead atoms. The number of rotatable bonds is 4. The first-order chi connectivity index (χ1) is 8.70. The van der Waals surface area contributed by atoms with Crippen molar-refractivity contribution in [1.82, 2.24) is 4.90 Å². The van der Waals surface area contributed by atoms with Gasteiger partial charge in [0.15, 0.2) is 0 Å². The first-order valence-electron chi connectivity index (χ1n) is 5.98. The van der Waals surface area contributed by atoms with E-state index in [2.05, 4.69) is 4.90 Å². The maximum Gasteiger partial charge on any atom is 0.0952 e. The van der Waals surface area contributed by atoms with Gasteiger partial charge in [-0.05, 0) is 17.7 Å². The third-order valence-corrected chi connectivity index (χ3v) is 3.82. The van der Waals surface area contributed by atoms with Gasteiger partial charge in [-0.1, -0.05) is 29.3 Å². The maximum atomic E-state index is 6.03. The van der Waals surface area contributed by atoms with Gasteiger partial charge in [-0.25, -0.2) is 0 Å². The van der Waals surface area contributed by atoms with Crippen molar-refractivity contribution in [2.75, 3.05) is 40.0 Å². The van der Waals surface area contributed by atoms with Crippen molar-refractivity contribution in [2.24, 2.45) is 0 Å². The van der Waals surface area contributed by atoms with Crippen molar-refractivity contribution in [3.8, 4) is 0 Å². The fraction of sp³-hybridized carbons (Fsp3) is 0.538. The van der Waals surface area contributed by atoms with Crippen LogP contribution in [0.1, 0.15) is 11.7 Å². The van der Waals surface area contributed by atoms with E-state index in [0.717, 1.165) is 38.4 Å². The van der Waals surface area contributed by atoms with Crippen LogP contribution in [0.2, 0.25) is 10.0 Å². The third kappa shape index (κ3) is 3.59. The zero-order valence-corrected chi connectivity index (χ0v) is 11.9. The van der Waals surface area contributed by atoms with Crippen molar-refractivity contribution < 1.29 is 9.47 Å². The number of hydrogen-bond donors (Lipinski definition) is 0. The lowest BCUT2D eigenvalue weighted by atomic mass is 10.1. The summed E-state index contributed by atoms with van der Waals surface area (Å²) in [6, 6.07) is 5.67. The predicted molar refractivity (Wildman–Crippen MR) is 73.5 cm³/mol. The summed E-state index contributed by atoms with van der Waals surface area (Å²) in [5.41, 5.74) is 1.08. The molecule has 3 nitrogen and oxygen atoms in total. The van der Waals surface area contributed by atoms with Crippen molar-refractivity contribution in [2.45, 2.75) is 6.10 Å². The lowest BCUT2D eigenvalue weighted by Crippen LogP contribution is -2.40. The minimum absolute atomic E-state index is 0.0605. The highest BCUT2D eigenvalue weighted by Gasteiger charge is 2.22. The molecule has 0 spiro atoms. The van der Waals surface area contributed by atoms with Crippen molar-refractivity contribution in [1.29, 1.82) is 0 Å². The second kappa shape index (κ2) is 6.73. The van der Waals surface area contributed by atoms with Gasteiger partial charge in [-0.2, -0.15) is 0 Å². The molecule has 1 aromatic carbocycles. The van der Waals surface area contributed by atoms with Crippen LogP contribution in [-0.4, -0.2) is 44.9 Å². The summed E-state index contributed by atoms with van der Waals surface area (Å²) >= 11 is 11.9. The van der Waals surface area contributed by atoms with Crippen molar-refractivity contribution in [3.63, 3.8) is 0 Å². The molecule has 1 unspecified atom stereocenters. The average molecular weight is 290 g/mol. The largest absolute Gasteiger partial charge is 0.383 e. The van der Waals surface area contributed by atoms with Gasteiger partial charge in [0.05, 0.1) is 29.4 Å². The minimum atomic E-state index is 0.0605. The van der Waals surface area contributed by atoms with Gasteiger partial charge < -0.3 is 9.47 Å². The van der Waals surface area contributed by atoms with E-state index in [0.29, 0.717) is 10.0 Å². The van der Waals surface area contributed by atoms with Gasteiger partial charge in [0.2, 0.25) is 0 Å². The van der Waals surface area contributed by atoms with Crippen molar-refractivity contribution in [3.05, 3.63) is 33.8 Å². The van der Waals surface area contributed by atoms with Crippen LogP contribution >= 0.6 is 23.2 Å². The number of morpholine rings is 1. The Bertz CT molecular complexity index is 401. The molecule has 18 heavy (non-hydrogen) atoms. The summed E-state index contributed by atoms with van der Waals surface area (Å²) in [5.74, 6) is 0. The fourth-order valence-corrected chi connectivity index (χ4v) is 2.35. The van der Waals surface area contributed by atoms with Crippen LogP contribution in [0, 0.1) is 0 Å². The van der Waals surface area contributed by atoms with E-state index in [1.807, 2.05) is 18.2 Å². The standard InChI is InChI=1S/C13H17Cl2NO2/c1-17-6-4-16-5-7-18-13(9-16)10-2-3-11(14)12(15)8-10/h2-3,8,13H,4-7,9H2,1H3. The SMILES string of the molecule is COCCN1CCOC(c2ccc(Cl)c(Cl)c2)C1. The maximum absolute atomic E-state index is 6.03. The highest BCUT2D eigenvalue weighted by atomic mass is 35.5. The fourth-order valence-electron chi connectivity index (χ4n) is 2.04. The Labute approximate surface area is 118 Å². The molecule has 1 aliphatic heterocycles. The average Bonchev–Trinajstić information content (AvgIpc) is 2.40. The molecule has 1 aromatic rings. The van der Waals surface area contributed by atoms with Crippen LogP contribution < -0.4 is 0 Å². The molecule has 1 fully saturated rings. The zero-order chi connectivity index (χ0) is 13.0. The Kier molecular flexibility index (Phi) is 5.27. The Morgan fingerprint density at radius 1 is 1.39 bits per heavy atom. The molecule has 5 heteroatoms. The lowest BCUT2D eigenvalue weighted by molar-refractivity contribution is -0.0356. The molecule has 1 atom stereocenters. The molecule has 0 aliphatic carbocycles. The first kappa shape index (κ1) is 14.1. The van der Waals surface area contributed by atoms with Gasteiger partial charge >= 0.3 is 0 Å². The smallest absolute Gasteiger partial charge is 0.0952 e. The lowest BCUT2D eigenvalue weighted by Gasteiger charge is -2.33. The van der Waals surface area contributed by atoms with Crippen LogP contribution in [-0.2, 0) is 9.47 Å². The Morgan fingerprint density at radius 3 is 2.94 bits per heavy atom. The van der Waals surface area contributed by atoms with E-state index in [1.165, 1.54) is 0 Å². The van der Waals surface area contributed by atoms with Crippen LogP contribution in [0.4, 0.5) is 0 Å². The second-order valence-corrected chi connectivity index (χ2v) is 5.14. The normalized spacial score (nSPS) is 21.2. The van der Waals surface area contributed by atoms with Crippen molar-refractivity contribution >= 4 is 23.2 Å². The molecule has 0 amide bonds. The van der Waals surface area contributed by atoms with Crippen LogP contribution in [0.25, 0.3) is 0 Å². The molecule has 0 aromatic heterocycles. The zero-order valence-electron chi connectivity index (χ0n) is 10.4. The van der Waals surface area contributed by atoms with Gasteiger partial charge in [-0.3, -0.25) is 4.90 Å². The molecule has 0 saturated carbocycles. The number of methoxy groups -OCH3 is 1. The Morgan fingerprint density at radius 2 is 2.22 bits per heavy atom. The summed E-state index contributed by atoms with van der Waals surface area (Å²) in [6.07, 6.45) is 0.0605. The Balaban J connectivity index is 2.01. The number of benzene rings is 1. The number of halogens is 2. The quantitative estimate of drug-likeness (QED) is 0.851. The summed E-state index contributed by atoms with van der Waals surface area (Å²) in [5, 5.41) is 1.15. The van der Waals surface area contributed by atoms with Gasteiger partial charge in [0.25, 0.3) is 0 Å². The van der Waals surface area contributed by atoms with Crippen LogP contribution in [0.3, 0.4) is 0 Å². The molecule has 1 aliphatic rings. The highest BCUT2D eigenvalue weighted by Crippen LogP contribution is 2.28. The van der Waals surface area contributed by atoms with Gasteiger partial charge in [0, 0.05) is 26.7 Å². The van der Waals surface area contributed by atoms with E-state index >= 15 is 0 Å². The summed E-state index contributed by atoms with van der Waals surface area (Å²) in [4.78, 5) is 2.33. The summed E-state index contributed by atoms with van der Waals surface area (Å²) in [7, 11) is 1.72. The number of nitrogens with zero attached hydrogens (tertiary/aromatic N) is 1. The third-order valence-electron chi connectivity index (χ3n) is 3.08. The summed E-state index contributed by atoms with van der Waals surface area (Å²) < 4.78 is 10.9. The van der Waals surface area contributed by atoms with Gasteiger partial charge in [0.1, 0.15) is 0 Å². The van der Waals surface area contributed by atoms with Crippen LogP contribution in [0.15, 0.2) is 18.2 Å². The van der Waals surface area contributed by atoms with E-state index in [-0.39, 0.29) is 6.10 Å². The second-order valence-electron chi connectivity index (χ2n) is 4.33.